The summed E-state index contributed by atoms with van der Waals surface area (Å²) in [4.78, 5) is 11.3. The summed E-state index contributed by atoms with van der Waals surface area (Å²) >= 11 is 4.16. The molecule has 1 amide bonds. The molecule has 5 nitrogen and oxygen atoms in total. The molecule has 1 rings (SSSR count). The van der Waals surface area contributed by atoms with Crippen LogP contribution in [0.3, 0.4) is 0 Å². The van der Waals surface area contributed by atoms with Gasteiger partial charge in [0.15, 0.2) is 0 Å². The van der Waals surface area contributed by atoms with Crippen molar-refractivity contribution in [2.24, 2.45) is 0 Å². The number of thiophene rings is 1. The van der Waals surface area contributed by atoms with Crippen LogP contribution in [0.2, 0.25) is 0 Å². The Hall–Kier alpha value is -0.650. The van der Waals surface area contributed by atoms with Crippen LogP contribution in [0, 0.1) is 6.92 Å². The molecule has 0 bridgehead atoms. The lowest BCUT2D eigenvalue weighted by atomic mass is 10.4. The van der Waals surface area contributed by atoms with E-state index in [4.69, 9.17) is 0 Å². The number of likely N-dealkylation sites (N-methyl/N-ethyl adjacent to an activating group) is 1. The van der Waals surface area contributed by atoms with Crippen molar-refractivity contribution in [2.45, 2.75) is 17.3 Å². The molecule has 0 unspecified atom stereocenters. The Bertz CT molecular complexity index is 608. The molecule has 21 heavy (non-hydrogen) atoms. The maximum atomic E-state index is 12.1. The van der Waals surface area contributed by atoms with Crippen LogP contribution >= 0.6 is 27.3 Å². The van der Waals surface area contributed by atoms with Gasteiger partial charge in [-0.25, -0.2) is 8.42 Å². The molecule has 1 aromatic rings. The fraction of sp³-hybridized carbons (Fsp3) is 0.500. The SMILES string of the molecule is Cc1cc(S(=O)(=O)N(C)CC(=O)NCC(F)(F)F)sc1Br. The summed E-state index contributed by atoms with van der Waals surface area (Å²) < 4.78 is 61.5. The van der Waals surface area contributed by atoms with Crippen LogP contribution in [0.1, 0.15) is 5.56 Å². The lowest BCUT2D eigenvalue weighted by Gasteiger charge is -2.16. The van der Waals surface area contributed by atoms with E-state index in [0.29, 0.717) is 13.7 Å². The van der Waals surface area contributed by atoms with Crippen LogP contribution in [0.25, 0.3) is 0 Å². The van der Waals surface area contributed by atoms with Crippen LogP contribution in [0.4, 0.5) is 13.2 Å². The van der Waals surface area contributed by atoms with Crippen molar-refractivity contribution in [3.8, 4) is 0 Å². The largest absolute Gasteiger partial charge is 0.405 e. The molecule has 1 heterocycles. The molecule has 11 heteroatoms. The highest BCUT2D eigenvalue weighted by Gasteiger charge is 2.29. The molecule has 0 saturated carbocycles. The molecular weight excluding hydrogens is 397 g/mol. The number of hydrogen-bond donors (Lipinski definition) is 1. The van der Waals surface area contributed by atoms with Crippen molar-refractivity contribution in [1.29, 1.82) is 0 Å². The number of alkyl halides is 3. The third-order valence-electron chi connectivity index (χ3n) is 2.35. The van der Waals surface area contributed by atoms with Crippen LogP contribution in [0.5, 0.6) is 0 Å². The molecule has 0 aliphatic rings. The first-order valence-corrected chi connectivity index (χ1v) is 8.54. The zero-order chi connectivity index (χ0) is 16.4. The third-order valence-corrected chi connectivity index (χ3v) is 6.74. The molecule has 0 saturated heterocycles. The number of rotatable bonds is 5. The lowest BCUT2D eigenvalue weighted by Crippen LogP contribution is -2.41. The van der Waals surface area contributed by atoms with E-state index in [9.17, 15) is 26.4 Å². The summed E-state index contributed by atoms with van der Waals surface area (Å²) in [5.41, 5.74) is 0.716. The summed E-state index contributed by atoms with van der Waals surface area (Å²) in [6.45, 7) is -0.480. The Balaban J connectivity index is 2.74. The quantitative estimate of drug-likeness (QED) is 0.811. The molecule has 0 aliphatic carbocycles. The van der Waals surface area contributed by atoms with Crippen molar-refractivity contribution >= 4 is 43.2 Å². The van der Waals surface area contributed by atoms with Crippen molar-refractivity contribution < 1.29 is 26.4 Å². The number of aryl methyl sites for hydroxylation is 1. The zero-order valence-electron chi connectivity index (χ0n) is 11.0. The minimum Gasteiger partial charge on any atom is -0.346 e. The van der Waals surface area contributed by atoms with Crippen molar-refractivity contribution in [3.05, 3.63) is 15.4 Å². The number of nitrogens with zero attached hydrogens (tertiary/aromatic N) is 1. The van der Waals surface area contributed by atoms with E-state index < -0.39 is 35.2 Å². The Kier molecular flexibility index (Phi) is 5.81. The van der Waals surface area contributed by atoms with Crippen molar-refractivity contribution in [3.63, 3.8) is 0 Å². The molecule has 120 valence electrons. The van der Waals surface area contributed by atoms with E-state index >= 15 is 0 Å². The second-order valence-corrected chi connectivity index (χ2v) is 8.82. The molecule has 0 aromatic carbocycles. The first-order valence-electron chi connectivity index (χ1n) is 5.49. The molecule has 0 fully saturated rings. The van der Waals surface area contributed by atoms with E-state index in [1.54, 1.807) is 12.2 Å². The van der Waals surface area contributed by atoms with Crippen LogP contribution < -0.4 is 5.32 Å². The standard InChI is InChI=1S/C10H12BrF3N2O3S2/c1-6-3-8(20-9(6)11)21(18,19)16(2)4-7(17)15-5-10(12,13)14/h3H,4-5H2,1-2H3,(H,15,17). The lowest BCUT2D eigenvalue weighted by molar-refractivity contribution is -0.138. The van der Waals surface area contributed by atoms with Crippen molar-refractivity contribution in [1.82, 2.24) is 9.62 Å². The fourth-order valence-corrected chi connectivity index (χ4v) is 4.82. The fourth-order valence-electron chi connectivity index (χ4n) is 1.25. The normalized spacial score (nSPS) is 12.7. The summed E-state index contributed by atoms with van der Waals surface area (Å²) in [6.07, 6.45) is -4.54. The van der Waals surface area contributed by atoms with Gasteiger partial charge in [0.05, 0.1) is 10.3 Å². The van der Waals surface area contributed by atoms with Gasteiger partial charge in [0.25, 0.3) is 10.0 Å². The predicted octanol–water partition coefficient (Wildman–Crippen LogP) is 2.12. The topological polar surface area (TPSA) is 66.5 Å². The molecule has 0 atom stereocenters. The monoisotopic (exact) mass is 408 g/mol. The average molecular weight is 409 g/mol. The van der Waals surface area contributed by atoms with E-state index in [1.165, 1.54) is 6.07 Å². The minimum atomic E-state index is -4.54. The van der Waals surface area contributed by atoms with Gasteiger partial charge in [0.2, 0.25) is 5.91 Å². The molecular formula is C10H12BrF3N2O3S2. The second-order valence-electron chi connectivity index (χ2n) is 4.18. The van der Waals surface area contributed by atoms with Crippen LogP contribution in [-0.2, 0) is 14.8 Å². The van der Waals surface area contributed by atoms with Gasteiger partial charge in [0.1, 0.15) is 10.8 Å². The summed E-state index contributed by atoms with van der Waals surface area (Å²) in [6, 6.07) is 1.42. The van der Waals surface area contributed by atoms with Crippen LogP contribution in [0.15, 0.2) is 14.1 Å². The smallest absolute Gasteiger partial charge is 0.346 e. The van der Waals surface area contributed by atoms with Crippen molar-refractivity contribution in [2.75, 3.05) is 20.1 Å². The van der Waals surface area contributed by atoms with Gasteiger partial charge < -0.3 is 5.32 Å². The van der Waals surface area contributed by atoms with Crippen LogP contribution in [-0.4, -0.2) is 44.9 Å². The summed E-state index contributed by atoms with van der Waals surface area (Å²) in [5, 5.41) is 1.62. The maximum Gasteiger partial charge on any atom is 0.405 e. The Labute approximate surface area is 132 Å². The van der Waals surface area contributed by atoms with E-state index in [2.05, 4.69) is 15.9 Å². The van der Waals surface area contributed by atoms with Gasteiger partial charge in [0, 0.05) is 7.05 Å². The Morgan fingerprint density at radius 2 is 2.05 bits per heavy atom. The molecule has 0 radical (unpaired) electrons. The number of carbonyl (C=O) groups excluding carboxylic acids is 1. The Morgan fingerprint density at radius 3 is 2.48 bits per heavy atom. The highest BCUT2D eigenvalue weighted by molar-refractivity contribution is 9.11. The van der Waals surface area contributed by atoms with Gasteiger partial charge in [-0.2, -0.15) is 17.5 Å². The van der Waals surface area contributed by atoms with E-state index in [0.717, 1.165) is 18.4 Å². The highest BCUT2D eigenvalue weighted by Crippen LogP contribution is 2.31. The molecule has 0 aliphatic heterocycles. The second kappa shape index (κ2) is 6.63. The number of amides is 1. The summed E-state index contributed by atoms with van der Waals surface area (Å²) in [7, 11) is -2.78. The number of carbonyl (C=O) groups is 1. The number of sulfonamides is 1. The first-order chi connectivity index (χ1) is 9.43. The van der Waals surface area contributed by atoms with Gasteiger partial charge in [-0.05, 0) is 34.5 Å². The zero-order valence-corrected chi connectivity index (χ0v) is 14.2. The predicted molar refractivity (Wildman–Crippen MR) is 75.6 cm³/mol. The van der Waals surface area contributed by atoms with Gasteiger partial charge in [-0.3, -0.25) is 4.79 Å². The number of halogens is 4. The van der Waals surface area contributed by atoms with E-state index in [1.807, 2.05) is 0 Å². The first kappa shape index (κ1) is 18.4. The van der Waals surface area contributed by atoms with E-state index in [-0.39, 0.29) is 4.21 Å². The Morgan fingerprint density at radius 1 is 1.48 bits per heavy atom. The average Bonchev–Trinajstić information content (AvgIpc) is 2.67. The molecule has 0 spiro atoms. The maximum absolute atomic E-state index is 12.1. The third kappa shape index (κ3) is 5.24. The number of nitrogens with one attached hydrogen (secondary N) is 1. The summed E-state index contributed by atoms with van der Waals surface area (Å²) in [5.74, 6) is -1.02. The number of hydrogen-bond acceptors (Lipinski definition) is 4. The highest BCUT2D eigenvalue weighted by atomic mass is 79.9. The minimum absolute atomic E-state index is 0.0120. The molecule has 1 aromatic heterocycles. The molecule has 1 N–H and O–H groups in total. The van der Waals surface area contributed by atoms with Gasteiger partial charge in [-0.15, -0.1) is 11.3 Å². The van der Waals surface area contributed by atoms with Gasteiger partial charge >= 0.3 is 6.18 Å². The van der Waals surface area contributed by atoms with Gasteiger partial charge in [-0.1, -0.05) is 0 Å².